The molecule has 2 N–H and O–H groups in total. The van der Waals surface area contributed by atoms with E-state index in [1.807, 2.05) is 0 Å². The predicted octanol–water partition coefficient (Wildman–Crippen LogP) is -0.584. The van der Waals surface area contributed by atoms with Crippen LogP contribution >= 0.6 is 0 Å². The highest BCUT2D eigenvalue weighted by atomic mass is 16.2. The molecule has 0 saturated heterocycles. The summed E-state index contributed by atoms with van der Waals surface area (Å²) in [6.45, 7) is 0. The summed E-state index contributed by atoms with van der Waals surface area (Å²) in [4.78, 5) is 21.0. The van der Waals surface area contributed by atoms with E-state index in [2.05, 4.69) is 10.9 Å². The second-order valence-corrected chi connectivity index (χ2v) is 2.22. The zero-order valence-electron chi connectivity index (χ0n) is 6.57. The minimum Gasteiger partial charge on any atom is -0.347 e. The number of carbonyl (C=O) groups excluding carboxylic acids is 2. The van der Waals surface area contributed by atoms with Crippen molar-refractivity contribution in [3.63, 3.8) is 0 Å². The lowest BCUT2D eigenvalue weighted by atomic mass is 10.4. The Morgan fingerprint density at radius 3 is 2.92 bits per heavy atom. The molecule has 0 saturated carbocycles. The Hall–Kier alpha value is -1.78. The van der Waals surface area contributed by atoms with Crippen molar-refractivity contribution in [1.29, 1.82) is 0 Å². The maximum Gasteiger partial charge on any atom is 0.286 e. The van der Waals surface area contributed by atoms with Gasteiger partial charge in [-0.1, -0.05) is 0 Å². The van der Waals surface area contributed by atoms with E-state index in [-0.39, 0.29) is 5.91 Å². The van der Waals surface area contributed by atoms with Crippen LogP contribution in [0.1, 0.15) is 10.5 Å². The van der Waals surface area contributed by atoms with Crippen molar-refractivity contribution in [2.45, 2.75) is 0 Å². The van der Waals surface area contributed by atoms with Crippen LogP contribution in [0.15, 0.2) is 18.3 Å². The Balaban J connectivity index is 2.65. The molecule has 1 aromatic heterocycles. The number of aryl methyl sites for hydroxylation is 1. The van der Waals surface area contributed by atoms with Crippen molar-refractivity contribution in [1.82, 2.24) is 15.4 Å². The lowest BCUT2D eigenvalue weighted by Gasteiger charge is -2.02. The van der Waals surface area contributed by atoms with Crippen LogP contribution in [0, 0.1) is 0 Å². The Bertz CT molecular complexity index is 293. The summed E-state index contributed by atoms with van der Waals surface area (Å²) in [6.07, 6.45) is 2.15. The molecular weight excluding hydrogens is 158 g/mol. The Labute approximate surface area is 69.3 Å². The van der Waals surface area contributed by atoms with Gasteiger partial charge in [0, 0.05) is 13.2 Å². The quantitative estimate of drug-likeness (QED) is 0.467. The molecule has 5 heteroatoms. The standard InChI is InChI=1S/C7H9N3O2/c1-10-4-2-3-6(10)7(12)9-8-5-11/h2-5H,1H3,(H,8,11)(H,9,12). The first-order valence-corrected chi connectivity index (χ1v) is 3.36. The summed E-state index contributed by atoms with van der Waals surface area (Å²) in [6, 6.07) is 3.40. The number of hydrazine groups is 1. The topological polar surface area (TPSA) is 63.1 Å². The minimum absolute atomic E-state index is 0.338. The van der Waals surface area contributed by atoms with E-state index in [1.54, 1.807) is 29.9 Å². The zero-order valence-corrected chi connectivity index (χ0v) is 6.57. The van der Waals surface area contributed by atoms with Gasteiger partial charge in [-0.2, -0.15) is 0 Å². The van der Waals surface area contributed by atoms with Crippen molar-refractivity contribution >= 4 is 12.3 Å². The van der Waals surface area contributed by atoms with Gasteiger partial charge >= 0.3 is 0 Å². The molecule has 0 unspecified atom stereocenters. The van der Waals surface area contributed by atoms with E-state index in [0.29, 0.717) is 12.1 Å². The maximum atomic E-state index is 11.1. The molecule has 64 valence electrons. The van der Waals surface area contributed by atoms with Gasteiger partial charge < -0.3 is 4.57 Å². The fraction of sp³-hybridized carbons (Fsp3) is 0.143. The first-order valence-electron chi connectivity index (χ1n) is 3.36. The fourth-order valence-electron chi connectivity index (χ4n) is 0.856. The van der Waals surface area contributed by atoms with Crippen molar-refractivity contribution in [3.05, 3.63) is 24.0 Å². The highest BCUT2D eigenvalue weighted by molar-refractivity contribution is 5.92. The highest BCUT2D eigenvalue weighted by Gasteiger charge is 2.06. The van der Waals surface area contributed by atoms with Crippen molar-refractivity contribution in [2.75, 3.05) is 0 Å². The summed E-state index contributed by atoms with van der Waals surface area (Å²) < 4.78 is 1.65. The van der Waals surface area contributed by atoms with Crippen molar-refractivity contribution in [2.24, 2.45) is 7.05 Å². The van der Waals surface area contributed by atoms with Crippen LogP contribution < -0.4 is 10.9 Å². The number of hydrogen-bond donors (Lipinski definition) is 2. The fourth-order valence-corrected chi connectivity index (χ4v) is 0.856. The molecule has 1 rings (SSSR count). The molecule has 0 bridgehead atoms. The number of rotatable bonds is 3. The normalized spacial score (nSPS) is 9.08. The molecule has 1 aromatic rings. The van der Waals surface area contributed by atoms with Gasteiger partial charge in [-0.3, -0.25) is 20.4 Å². The van der Waals surface area contributed by atoms with Crippen LogP contribution in [0.25, 0.3) is 0 Å². The molecule has 0 radical (unpaired) electrons. The van der Waals surface area contributed by atoms with Crippen LogP contribution in [0.5, 0.6) is 0 Å². The lowest BCUT2D eigenvalue weighted by molar-refractivity contribution is -0.110. The van der Waals surface area contributed by atoms with Gasteiger partial charge in [0.2, 0.25) is 6.41 Å². The van der Waals surface area contributed by atoms with Gasteiger partial charge in [0.1, 0.15) is 5.69 Å². The number of carbonyl (C=O) groups is 2. The largest absolute Gasteiger partial charge is 0.347 e. The summed E-state index contributed by atoms with van der Waals surface area (Å²) in [5.41, 5.74) is 4.76. The lowest BCUT2D eigenvalue weighted by Crippen LogP contribution is -2.37. The molecule has 0 aliphatic rings. The van der Waals surface area contributed by atoms with Crippen molar-refractivity contribution < 1.29 is 9.59 Å². The van der Waals surface area contributed by atoms with Crippen LogP contribution in [0.2, 0.25) is 0 Å². The van der Waals surface area contributed by atoms with Crippen molar-refractivity contribution in [3.8, 4) is 0 Å². The highest BCUT2D eigenvalue weighted by Crippen LogP contribution is 1.97. The molecular formula is C7H9N3O2. The SMILES string of the molecule is Cn1cccc1C(=O)NNC=O. The van der Waals surface area contributed by atoms with E-state index in [1.165, 1.54) is 0 Å². The van der Waals surface area contributed by atoms with Crippen LogP contribution in [0.4, 0.5) is 0 Å². The van der Waals surface area contributed by atoms with Gasteiger partial charge in [-0.15, -0.1) is 0 Å². The molecule has 0 spiro atoms. The maximum absolute atomic E-state index is 11.1. The van der Waals surface area contributed by atoms with Gasteiger partial charge in [0.25, 0.3) is 5.91 Å². The van der Waals surface area contributed by atoms with E-state index in [0.717, 1.165) is 0 Å². The molecule has 12 heavy (non-hydrogen) atoms. The third-order valence-corrected chi connectivity index (χ3v) is 1.42. The third-order valence-electron chi connectivity index (χ3n) is 1.42. The van der Waals surface area contributed by atoms with E-state index >= 15 is 0 Å². The number of nitrogens with zero attached hydrogens (tertiary/aromatic N) is 1. The van der Waals surface area contributed by atoms with Crippen LogP contribution in [-0.2, 0) is 11.8 Å². The van der Waals surface area contributed by atoms with E-state index in [4.69, 9.17) is 0 Å². The van der Waals surface area contributed by atoms with Crippen LogP contribution in [0.3, 0.4) is 0 Å². The molecule has 0 aromatic carbocycles. The van der Waals surface area contributed by atoms with E-state index in [9.17, 15) is 9.59 Å². The molecule has 1 heterocycles. The predicted molar refractivity (Wildman–Crippen MR) is 42.1 cm³/mol. The monoisotopic (exact) mass is 167 g/mol. The summed E-state index contributed by atoms with van der Waals surface area (Å²) in [5, 5.41) is 0. The first-order chi connectivity index (χ1) is 5.75. The molecule has 5 nitrogen and oxygen atoms in total. The van der Waals surface area contributed by atoms with Gasteiger partial charge in [0.15, 0.2) is 0 Å². The second-order valence-electron chi connectivity index (χ2n) is 2.22. The first kappa shape index (κ1) is 8.32. The van der Waals surface area contributed by atoms with E-state index < -0.39 is 0 Å². The number of nitrogens with one attached hydrogen (secondary N) is 2. The average molecular weight is 167 g/mol. The van der Waals surface area contributed by atoms with Crippen LogP contribution in [-0.4, -0.2) is 16.9 Å². The number of amides is 2. The number of hydrogen-bond acceptors (Lipinski definition) is 2. The molecule has 0 aliphatic carbocycles. The third kappa shape index (κ3) is 1.63. The Morgan fingerprint density at radius 2 is 2.42 bits per heavy atom. The second kappa shape index (κ2) is 3.56. The number of aromatic nitrogens is 1. The zero-order chi connectivity index (χ0) is 8.97. The molecule has 2 amide bonds. The average Bonchev–Trinajstić information content (AvgIpc) is 2.47. The summed E-state index contributed by atoms with van der Waals surface area (Å²) in [7, 11) is 1.75. The summed E-state index contributed by atoms with van der Waals surface area (Å²) in [5.74, 6) is -0.338. The van der Waals surface area contributed by atoms with Gasteiger partial charge in [-0.25, -0.2) is 0 Å². The molecule has 0 fully saturated rings. The Morgan fingerprint density at radius 1 is 1.67 bits per heavy atom. The van der Waals surface area contributed by atoms with Gasteiger partial charge in [0.05, 0.1) is 0 Å². The smallest absolute Gasteiger partial charge is 0.286 e. The molecule has 0 aliphatic heterocycles. The Kier molecular flexibility index (Phi) is 2.47. The summed E-state index contributed by atoms with van der Waals surface area (Å²) >= 11 is 0. The van der Waals surface area contributed by atoms with Gasteiger partial charge in [-0.05, 0) is 12.1 Å². The minimum atomic E-state index is -0.338. The molecule has 0 atom stereocenters.